The molecule has 2 aromatic rings. The van der Waals surface area contributed by atoms with E-state index in [0.717, 1.165) is 6.92 Å². The van der Waals surface area contributed by atoms with E-state index in [2.05, 4.69) is 10.6 Å². The molecule has 0 radical (unpaired) electrons. The number of benzene rings is 2. The molecule has 1 saturated heterocycles. The SMILES string of the molecule is CC(=O)O[C@H]1C(=O)[C@]23C[C@H]2C[C@H]2OC[C@@]2(OC(C)=O)[C@H]3[C@H](OC(=O)c2ccccc2)[C@]2(O)C[C@H](OC(=O)[C@H](O)[C@@H](NC(=O)NC(C)(C)C)c3ccccc3)C(C)=C1C2(C)C. The van der Waals surface area contributed by atoms with Crippen LogP contribution in [0.5, 0.6) is 0 Å². The third kappa shape index (κ3) is 7.07. The van der Waals surface area contributed by atoms with Crippen molar-refractivity contribution in [1.29, 1.82) is 0 Å². The number of rotatable bonds is 9. The number of ketones is 1. The second-order valence-corrected chi connectivity index (χ2v) is 18.5. The molecule has 11 atom stereocenters. The highest BCUT2D eigenvalue weighted by Crippen LogP contribution is 2.74. The zero-order valence-corrected chi connectivity index (χ0v) is 35.1. The first-order valence-corrected chi connectivity index (χ1v) is 20.3. The predicted molar refractivity (Wildman–Crippen MR) is 212 cm³/mol. The van der Waals surface area contributed by atoms with E-state index in [-0.39, 0.29) is 35.7 Å². The highest BCUT2D eigenvalue weighted by atomic mass is 16.6. The number of nitrogens with one attached hydrogen (secondary N) is 2. The number of fused-ring (bicyclic) bond motifs is 4. The van der Waals surface area contributed by atoms with Gasteiger partial charge in [0.1, 0.15) is 23.9 Å². The molecular formula is C45H54N2O13. The monoisotopic (exact) mass is 830 g/mol. The Morgan fingerprint density at radius 1 is 0.900 bits per heavy atom. The van der Waals surface area contributed by atoms with E-state index in [1.54, 1.807) is 90.1 Å². The number of carbonyl (C=O) groups is 6. The number of urea groups is 1. The van der Waals surface area contributed by atoms with Crippen LogP contribution in [0.4, 0.5) is 4.79 Å². The average molecular weight is 831 g/mol. The van der Waals surface area contributed by atoms with E-state index >= 15 is 4.79 Å². The highest BCUT2D eigenvalue weighted by molar-refractivity contribution is 5.97. The summed E-state index contributed by atoms with van der Waals surface area (Å²) < 4.78 is 30.7. The van der Waals surface area contributed by atoms with Gasteiger partial charge in [-0.05, 0) is 75.3 Å². The summed E-state index contributed by atoms with van der Waals surface area (Å²) in [5.41, 5.74) is -6.44. The quantitative estimate of drug-likeness (QED) is 0.160. The lowest BCUT2D eigenvalue weighted by atomic mass is 9.48. The van der Waals surface area contributed by atoms with Crippen LogP contribution in [0, 0.1) is 22.7 Å². The van der Waals surface area contributed by atoms with Gasteiger partial charge >= 0.3 is 29.9 Å². The molecule has 2 bridgehead atoms. The van der Waals surface area contributed by atoms with Crippen LogP contribution < -0.4 is 10.6 Å². The van der Waals surface area contributed by atoms with Crippen LogP contribution >= 0.6 is 0 Å². The van der Waals surface area contributed by atoms with Crippen LogP contribution in [0.2, 0.25) is 0 Å². The van der Waals surface area contributed by atoms with E-state index in [9.17, 15) is 34.2 Å². The molecule has 4 fully saturated rings. The van der Waals surface area contributed by atoms with Crippen molar-refractivity contribution in [3.63, 3.8) is 0 Å². The maximum absolute atomic E-state index is 15.5. The summed E-state index contributed by atoms with van der Waals surface area (Å²) in [6, 6.07) is 14.5. The summed E-state index contributed by atoms with van der Waals surface area (Å²) in [7, 11) is 0. The maximum Gasteiger partial charge on any atom is 0.338 e. The van der Waals surface area contributed by atoms with Gasteiger partial charge in [-0.2, -0.15) is 0 Å². The number of amides is 2. The molecule has 2 amide bonds. The first-order chi connectivity index (χ1) is 28.1. The number of hydrogen-bond acceptors (Lipinski definition) is 13. The molecule has 3 saturated carbocycles. The molecule has 0 aromatic heterocycles. The molecule has 322 valence electrons. The van der Waals surface area contributed by atoms with Crippen LogP contribution in [0.1, 0.15) is 96.6 Å². The zero-order chi connectivity index (χ0) is 43.7. The van der Waals surface area contributed by atoms with Crippen LogP contribution in [0.15, 0.2) is 71.8 Å². The van der Waals surface area contributed by atoms with Crippen LogP contribution in [0.25, 0.3) is 0 Å². The number of aliphatic hydroxyl groups is 2. The molecule has 0 unspecified atom stereocenters. The fourth-order valence-electron chi connectivity index (χ4n) is 10.5. The van der Waals surface area contributed by atoms with E-state index in [1.165, 1.54) is 19.1 Å². The number of ether oxygens (including phenoxy) is 5. The number of esters is 4. The number of hydrogen-bond donors (Lipinski definition) is 4. The largest absolute Gasteiger partial charge is 0.456 e. The van der Waals surface area contributed by atoms with Crippen molar-refractivity contribution in [2.24, 2.45) is 22.7 Å². The summed E-state index contributed by atoms with van der Waals surface area (Å²) in [6.45, 7) is 12.4. The third-order valence-corrected chi connectivity index (χ3v) is 13.3. The minimum absolute atomic E-state index is 0.138. The molecule has 15 nitrogen and oxygen atoms in total. The van der Waals surface area contributed by atoms with Crippen molar-refractivity contribution in [1.82, 2.24) is 10.6 Å². The van der Waals surface area contributed by atoms with E-state index in [4.69, 9.17) is 23.7 Å². The third-order valence-electron chi connectivity index (χ3n) is 13.3. The topological polar surface area (TPSA) is 213 Å². The normalized spacial score (nSPS) is 33.3. The smallest absolute Gasteiger partial charge is 0.338 e. The fraction of sp³-hybridized carbons (Fsp3) is 0.556. The number of Topliss-reactive ketones (excluding diaryl/α,β-unsaturated/α-hetero) is 1. The Morgan fingerprint density at radius 2 is 1.53 bits per heavy atom. The Kier molecular flexibility index (Phi) is 10.8. The van der Waals surface area contributed by atoms with E-state index < -0.39 is 112 Å². The molecule has 1 spiro atoms. The Balaban J connectivity index is 1.37. The Morgan fingerprint density at radius 3 is 2.10 bits per heavy atom. The highest BCUT2D eigenvalue weighted by Gasteiger charge is 2.84. The van der Waals surface area contributed by atoms with Crippen molar-refractivity contribution >= 4 is 35.7 Å². The molecule has 4 aliphatic carbocycles. The molecular weight excluding hydrogens is 776 g/mol. The van der Waals surface area contributed by atoms with Gasteiger partial charge in [0.15, 0.2) is 23.6 Å². The minimum Gasteiger partial charge on any atom is -0.456 e. The molecule has 5 aliphatic rings. The minimum atomic E-state index is -2.24. The zero-order valence-electron chi connectivity index (χ0n) is 35.1. The van der Waals surface area contributed by atoms with Crippen LogP contribution in [0.3, 0.4) is 0 Å². The Labute approximate surface area is 348 Å². The second-order valence-electron chi connectivity index (χ2n) is 18.5. The van der Waals surface area contributed by atoms with Gasteiger partial charge in [0.25, 0.3) is 0 Å². The van der Waals surface area contributed by atoms with Gasteiger partial charge in [-0.1, -0.05) is 62.4 Å². The summed E-state index contributed by atoms with van der Waals surface area (Å²) >= 11 is 0. The molecule has 1 aliphatic heterocycles. The van der Waals surface area contributed by atoms with Crippen LogP contribution in [-0.2, 0) is 42.9 Å². The van der Waals surface area contributed by atoms with Crippen molar-refractivity contribution in [3.05, 3.63) is 82.9 Å². The van der Waals surface area contributed by atoms with E-state index in [1.807, 2.05) is 0 Å². The summed E-state index contributed by atoms with van der Waals surface area (Å²) in [6.07, 6.45) is -7.17. The molecule has 7 rings (SSSR count). The lowest BCUT2D eigenvalue weighted by Gasteiger charge is -2.64. The predicted octanol–water partition coefficient (Wildman–Crippen LogP) is 4.04. The number of carbonyl (C=O) groups excluding carboxylic acids is 6. The average Bonchev–Trinajstić information content (AvgIpc) is 3.90. The number of aliphatic hydroxyl groups excluding tert-OH is 1. The van der Waals surface area contributed by atoms with Gasteiger partial charge in [0.05, 0.1) is 24.1 Å². The maximum atomic E-state index is 15.5. The van der Waals surface area contributed by atoms with Crippen molar-refractivity contribution in [3.8, 4) is 0 Å². The molecule has 15 heteroatoms. The van der Waals surface area contributed by atoms with Gasteiger partial charge in [0.2, 0.25) is 0 Å². The van der Waals surface area contributed by atoms with Gasteiger partial charge in [0, 0.05) is 36.6 Å². The van der Waals surface area contributed by atoms with Gasteiger partial charge in [-0.3, -0.25) is 14.4 Å². The van der Waals surface area contributed by atoms with Gasteiger partial charge in [-0.25, -0.2) is 14.4 Å². The lowest BCUT2D eigenvalue weighted by molar-refractivity contribution is -0.323. The summed E-state index contributed by atoms with van der Waals surface area (Å²) in [5, 5.41) is 30.8. The summed E-state index contributed by atoms with van der Waals surface area (Å²) in [5.74, 6) is -5.58. The molecule has 4 N–H and O–H groups in total. The lowest BCUT2D eigenvalue weighted by Crippen LogP contribution is -2.78. The first kappa shape index (κ1) is 43.0. The fourth-order valence-corrected chi connectivity index (χ4v) is 10.5. The Hall–Kier alpha value is -5.12. The van der Waals surface area contributed by atoms with Gasteiger partial charge < -0.3 is 44.5 Å². The second kappa shape index (κ2) is 15.1. The molecule has 2 aromatic carbocycles. The first-order valence-electron chi connectivity index (χ1n) is 20.3. The van der Waals surface area contributed by atoms with Crippen molar-refractivity contribution in [2.75, 3.05) is 6.61 Å². The van der Waals surface area contributed by atoms with Crippen LogP contribution in [-0.4, -0.2) is 99.8 Å². The van der Waals surface area contributed by atoms with Crippen molar-refractivity contribution in [2.45, 2.75) is 128 Å². The Bertz CT molecular complexity index is 2110. The van der Waals surface area contributed by atoms with Crippen molar-refractivity contribution < 1.29 is 62.7 Å². The molecule has 60 heavy (non-hydrogen) atoms. The summed E-state index contributed by atoms with van der Waals surface area (Å²) in [4.78, 5) is 83.0. The van der Waals surface area contributed by atoms with E-state index in [0.29, 0.717) is 12.0 Å². The standard InChI is InChI=1S/C45H54N2O13/c1-23-29(58-39(53)33(50)32(26-15-11-9-12-16-26)46-40(54)47-41(4,5)6)21-45(55)37(59-38(52)27-17-13-10-14-18-27)35-43(36(51)34(57-24(2)48)31(23)42(45,7)8)20-28(43)19-30-44(35,22-56-30)60-25(3)49/h9-18,28-30,32-35,37,50,55H,19-22H2,1-8H3,(H2,46,47,54)/t28-,29+,30-,32+,33-,34-,35+,37+,43-,44+,45-/m1/s1. The van der Waals surface area contributed by atoms with Gasteiger partial charge in [-0.15, -0.1) is 0 Å². The molecule has 1 heterocycles.